The van der Waals surface area contributed by atoms with Gasteiger partial charge >= 0.3 is 0 Å². The Morgan fingerprint density at radius 1 is 1.17 bits per heavy atom. The van der Waals surface area contributed by atoms with Crippen molar-refractivity contribution in [2.45, 2.75) is 32.6 Å². The normalized spacial score (nSPS) is 15.0. The van der Waals surface area contributed by atoms with Crippen molar-refractivity contribution < 1.29 is 9.32 Å². The maximum absolute atomic E-state index is 12.9. The summed E-state index contributed by atoms with van der Waals surface area (Å²) in [6.45, 7) is 5.01. The van der Waals surface area contributed by atoms with Gasteiger partial charge < -0.3 is 9.42 Å². The number of benzene rings is 1. The highest BCUT2D eigenvalue weighted by molar-refractivity contribution is 6.36. The molecule has 8 heteroatoms. The van der Waals surface area contributed by atoms with Gasteiger partial charge in [-0.05, 0) is 44.9 Å². The smallest absolute Gasteiger partial charge is 0.255 e. The maximum Gasteiger partial charge on any atom is 0.255 e. The first-order chi connectivity index (χ1) is 13.9. The molecule has 2 aromatic heterocycles. The monoisotopic (exact) mass is 430 g/mol. The molecule has 3 heterocycles. The highest BCUT2D eigenvalue weighted by Crippen LogP contribution is 2.35. The second kappa shape index (κ2) is 8.13. The number of rotatable bonds is 3. The van der Waals surface area contributed by atoms with Crippen LogP contribution >= 0.6 is 23.2 Å². The van der Waals surface area contributed by atoms with Crippen LogP contribution in [0.2, 0.25) is 10.0 Å². The Kier molecular flexibility index (Phi) is 5.56. The Bertz CT molecular complexity index is 1060. The number of nitrogens with zero attached hydrogens (tertiary/aromatic N) is 4. The van der Waals surface area contributed by atoms with Crippen LogP contribution in [0.15, 0.2) is 35.0 Å². The van der Waals surface area contributed by atoms with Crippen molar-refractivity contribution in [2.24, 2.45) is 0 Å². The van der Waals surface area contributed by atoms with Crippen molar-refractivity contribution >= 4 is 29.1 Å². The van der Waals surface area contributed by atoms with Crippen LogP contribution < -0.4 is 0 Å². The standard InChI is InChI=1S/C21H20Cl2N4O2/c1-12-9-19(29-26-12)17-11-24-13(2)25-20(17)14-5-7-27(8-6-14)21(28)16-4-3-15(22)10-18(16)23/h3-4,9-11,14H,5-8H2,1-2H3. The van der Waals surface area contributed by atoms with Crippen molar-refractivity contribution in [1.29, 1.82) is 0 Å². The first kappa shape index (κ1) is 19.9. The van der Waals surface area contributed by atoms with Gasteiger partial charge in [0, 0.05) is 36.3 Å². The molecule has 150 valence electrons. The molecule has 0 aliphatic carbocycles. The first-order valence-corrected chi connectivity index (χ1v) is 10.2. The van der Waals surface area contributed by atoms with E-state index in [4.69, 9.17) is 32.7 Å². The lowest BCUT2D eigenvalue weighted by Crippen LogP contribution is -2.38. The molecule has 1 saturated heterocycles. The van der Waals surface area contributed by atoms with Crippen LogP contribution in [-0.2, 0) is 0 Å². The van der Waals surface area contributed by atoms with Gasteiger partial charge in [0.1, 0.15) is 5.82 Å². The lowest BCUT2D eigenvalue weighted by Gasteiger charge is -2.32. The predicted molar refractivity (Wildman–Crippen MR) is 111 cm³/mol. The summed E-state index contributed by atoms with van der Waals surface area (Å²) in [6, 6.07) is 6.84. The van der Waals surface area contributed by atoms with Crippen LogP contribution in [0.1, 0.15) is 46.3 Å². The molecule has 6 nitrogen and oxygen atoms in total. The van der Waals surface area contributed by atoms with Gasteiger partial charge in [-0.1, -0.05) is 28.4 Å². The molecule has 0 unspecified atom stereocenters. The summed E-state index contributed by atoms with van der Waals surface area (Å²) in [6.07, 6.45) is 3.39. The van der Waals surface area contributed by atoms with Gasteiger partial charge in [-0.2, -0.15) is 0 Å². The SMILES string of the molecule is Cc1cc(-c2cnc(C)nc2C2CCN(C(=O)c3ccc(Cl)cc3Cl)CC2)on1. The number of aryl methyl sites for hydroxylation is 2. The van der Waals surface area contributed by atoms with Gasteiger partial charge in [-0.15, -0.1) is 0 Å². The van der Waals surface area contributed by atoms with E-state index in [1.54, 1.807) is 24.4 Å². The van der Waals surface area contributed by atoms with E-state index < -0.39 is 0 Å². The average molecular weight is 431 g/mol. The Balaban J connectivity index is 1.53. The fourth-order valence-corrected chi connectivity index (χ4v) is 4.16. The Labute approximate surface area is 178 Å². The third kappa shape index (κ3) is 4.14. The topological polar surface area (TPSA) is 72.1 Å². The molecule has 1 amide bonds. The molecule has 0 atom stereocenters. The van der Waals surface area contributed by atoms with Gasteiger partial charge in [0.25, 0.3) is 5.91 Å². The summed E-state index contributed by atoms with van der Waals surface area (Å²) < 4.78 is 5.44. The van der Waals surface area contributed by atoms with Gasteiger partial charge in [-0.3, -0.25) is 4.79 Å². The Hall–Kier alpha value is -2.44. The number of likely N-dealkylation sites (tertiary alicyclic amines) is 1. The molecule has 1 fully saturated rings. The maximum atomic E-state index is 12.9. The van der Waals surface area contributed by atoms with Crippen LogP contribution in [0.4, 0.5) is 0 Å². The summed E-state index contributed by atoms with van der Waals surface area (Å²) >= 11 is 12.2. The molecular weight excluding hydrogens is 411 g/mol. The largest absolute Gasteiger partial charge is 0.356 e. The van der Waals surface area contributed by atoms with E-state index >= 15 is 0 Å². The van der Waals surface area contributed by atoms with Gasteiger partial charge in [0.05, 0.1) is 27.5 Å². The fraction of sp³-hybridized carbons (Fsp3) is 0.333. The zero-order valence-corrected chi connectivity index (χ0v) is 17.7. The summed E-state index contributed by atoms with van der Waals surface area (Å²) in [5.74, 6) is 1.52. The third-order valence-electron chi connectivity index (χ3n) is 5.16. The zero-order chi connectivity index (χ0) is 20.5. The Morgan fingerprint density at radius 2 is 1.93 bits per heavy atom. The quantitative estimate of drug-likeness (QED) is 0.579. The van der Waals surface area contributed by atoms with Crippen molar-refractivity contribution in [3.63, 3.8) is 0 Å². The van der Waals surface area contributed by atoms with E-state index in [1.807, 2.05) is 24.8 Å². The molecule has 0 spiro atoms. The second-order valence-corrected chi connectivity index (χ2v) is 8.08. The molecule has 1 aromatic carbocycles. The zero-order valence-electron chi connectivity index (χ0n) is 16.2. The number of piperidine rings is 1. The third-order valence-corrected chi connectivity index (χ3v) is 5.71. The first-order valence-electron chi connectivity index (χ1n) is 9.44. The Morgan fingerprint density at radius 3 is 2.59 bits per heavy atom. The van der Waals surface area contributed by atoms with Crippen LogP contribution in [0.5, 0.6) is 0 Å². The number of hydrogen-bond donors (Lipinski definition) is 0. The van der Waals surface area contributed by atoms with Crippen LogP contribution in [0.25, 0.3) is 11.3 Å². The van der Waals surface area contributed by atoms with Gasteiger partial charge in [-0.25, -0.2) is 9.97 Å². The molecule has 0 N–H and O–H groups in total. The fourth-order valence-electron chi connectivity index (χ4n) is 3.67. The molecule has 0 radical (unpaired) electrons. The van der Waals surface area contributed by atoms with Crippen molar-refractivity contribution in [1.82, 2.24) is 20.0 Å². The number of carbonyl (C=O) groups is 1. The van der Waals surface area contributed by atoms with Crippen molar-refractivity contribution in [3.8, 4) is 11.3 Å². The molecule has 1 aliphatic heterocycles. The highest BCUT2D eigenvalue weighted by Gasteiger charge is 2.29. The summed E-state index contributed by atoms with van der Waals surface area (Å²) in [5.41, 5.74) is 3.10. The minimum absolute atomic E-state index is 0.0740. The lowest BCUT2D eigenvalue weighted by molar-refractivity contribution is 0.0712. The van der Waals surface area contributed by atoms with Crippen molar-refractivity contribution in [3.05, 3.63) is 63.3 Å². The minimum atomic E-state index is -0.0740. The summed E-state index contributed by atoms with van der Waals surface area (Å²) in [7, 11) is 0. The molecule has 29 heavy (non-hydrogen) atoms. The predicted octanol–water partition coefficient (Wildman–Crippen LogP) is 5.08. The van der Waals surface area contributed by atoms with E-state index in [1.165, 1.54) is 0 Å². The second-order valence-electron chi connectivity index (χ2n) is 7.24. The van der Waals surface area contributed by atoms with Gasteiger partial charge in [0.2, 0.25) is 0 Å². The minimum Gasteiger partial charge on any atom is -0.356 e. The van der Waals surface area contributed by atoms with Gasteiger partial charge in [0.15, 0.2) is 5.76 Å². The lowest BCUT2D eigenvalue weighted by atomic mass is 9.90. The number of halogens is 2. The van der Waals surface area contributed by atoms with E-state index in [-0.39, 0.29) is 11.8 Å². The molecule has 0 saturated carbocycles. The van der Waals surface area contributed by atoms with E-state index in [9.17, 15) is 4.79 Å². The summed E-state index contributed by atoms with van der Waals surface area (Å²) in [5, 5.41) is 4.87. The number of carbonyl (C=O) groups excluding carboxylic acids is 1. The summed E-state index contributed by atoms with van der Waals surface area (Å²) in [4.78, 5) is 23.7. The van der Waals surface area contributed by atoms with E-state index in [0.29, 0.717) is 40.3 Å². The van der Waals surface area contributed by atoms with E-state index in [2.05, 4.69) is 10.1 Å². The van der Waals surface area contributed by atoms with Crippen LogP contribution in [0.3, 0.4) is 0 Å². The molecule has 4 rings (SSSR count). The van der Waals surface area contributed by atoms with Crippen LogP contribution in [0, 0.1) is 13.8 Å². The average Bonchev–Trinajstić information content (AvgIpc) is 3.14. The molecule has 0 bridgehead atoms. The van der Waals surface area contributed by atoms with Crippen molar-refractivity contribution in [2.75, 3.05) is 13.1 Å². The molecule has 1 aliphatic rings. The van der Waals surface area contributed by atoms with Crippen LogP contribution in [-0.4, -0.2) is 39.0 Å². The molecule has 3 aromatic rings. The van der Waals surface area contributed by atoms with E-state index in [0.717, 1.165) is 29.8 Å². The molecular formula is C21H20Cl2N4O2. The number of amides is 1. The number of aromatic nitrogens is 3. The number of hydrogen-bond acceptors (Lipinski definition) is 5. The highest BCUT2D eigenvalue weighted by atomic mass is 35.5.